The van der Waals surface area contributed by atoms with Crippen molar-refractivity contribution in [3.05, 3.63) is 41.2 Å². The highest BCUT2D eigenvalue weighted by Gasteiger charge is 2.13. The molecule has 0 amide bonds. The van der Waals surface area contributed by atoms with Crippen LogP contribution in [0.4, 0.5) is 0 Å². The van der Waals surface area contributed by atoms with Crippen LogP contribution in [0.2, 0.25) is 0 Å². The van der Waals surface area contributed by atoms with Gasteiger partial charge in [-0.15, -0.1) is 5.10 Å². The Kier molecular flexibility index (Phi) is 4.24. The van der Waals surface area contributed by atoms with Crippen molar-refractivity contribution in [1.29, 1.82) is 0 Å². The molecule has 0 bridgehead atoms. The predicted molar refractivity (Wildman–Crippen MR) is 72.1 cm³/mol. The van der Waals surface area contributed by atoms with Crippen molar-refractivity contribution in [2.75, 3.05) is 7.11 Å². The first-order chi connectivity index (χ1) is 9.71. The summed E-state index contributed by atoms with van der Waals surface area (Å²) in [6.45, 7) is 2.02. The van der Waals surface area contributed by atoms with E-state index in [-0.39, 0.29) is 0 Å². The number of ether oxygens (including phenoxy) is 1. The first-order valence-corrected chi connectivity index (χ1v) is 6.29. The highest BCUT2D eigenvalue weighted by atomic mass is 16.5. The van der Waals surface area contributed by atoms with Crippen molar-refractivity contribution in [2.45, 2.75) is 19.8 Å². The summed E-state index contributed by atoms with van der Waals surface area (Å²) >= 11 is 0. The molecule has 2 rings (SSSR count). The summed E-state index contributed by atoms with van der Waals surface area (Å²) in [5.41, 5.74) is 2.34. The lowest BCUT2D eigenvalue weighted by Crippen LogP contribution is -2.05. The Morgan fingerprint density at radius 2 is 2.05 bits per heavy atom. The Morgan fingerprint density at radius 1 is 1.35 bits per heavy atom. The first-order valence-electron chi connectivity index (χ1n) is 6.29. The molecule has 0 aliphatic heterocycles. The molecule has 2 aromatic rings. The van der Waals surface area contributed by atoms with Crippen molar-refractivity contribution in [3.63, 3.8) is 0 Å². The summed E-state index contributed by atoms with van der Waals surface area (Å²) in [6.07, 6.45) is 2.30. The number of rotatable bonds is 5. The fourth-order valence-corrected chi connectivity index (χ4v) is 1.94. The van der Waals surface area contributed by atoms with E-state index >= 15 is 0 Å². The maximum atomic E-state index is 11.4. The molecule has 0 saturated carbocycles. The van der Waals surface area contributed by atoms with Gasteiger partial charge in [-0.2, -0.15) is 0 Å². The Balaban J connectivity index is 2.38. The van der Waals surface area contributed by atoms with Crippen LogP contribution in [-0.4, -0.2) is 34.4 Å². The van der Waals surface area contributed by atoms with E-state index in [0.29, 0.717) is 24.0 Å². The summed E-state index contributed by atoms with van der Waals surface area (Å²) in [5.74, 6) is -0.391. The van der Waals surface area contributed by atoms with Gasteiger partial charge in [-0.1, -0.05) is 18.6 Å². The minimum Gasteiger partial charge on any atom is -0.465 e. The maximum Gasteiger partial charge on any atom is 0.337 e. The van der Waals surface area contributed by atoms with E-state index < -0.39 is 5.97 Å². The zero-order chi connectivity index (χ0) is 14.5. The Hall–Kier alpha value is -2.50. The second-order valence-corrected chi connectivity index (χ2v) is 4.24. The number of carbonyl (C=O) groups is 2. The van der Waals surface area contributed by atoms with Crippen molar-refractivity contribution in [1.82, 2.24) is 15.0 Å². The average Bonchev–Trinajstić information content (AvgIpc) is 2.90. The Bertz CT molecular complexity index is 617. The van der Waals surface area contributed by atoms with Crippen LogP contribution >= 0.6 is 0 Å². The molecule has 0 unspecified atom stereocenters. The van der Waals surface area contributed by atoms with Gasteiger partial charge in [-0.05, 0) is 30.7 Å². The monoisotopic (exact) mass is 273 g/mol. The molecule has 0 atom stereocenters. The number of hydrogen-bond donors (Lipinski definition) is 0. The molecule has 0 fully saturated rings. The van der Waals surface area contributed by atoms with Crippen molar-refractivity contribution in [3.8, 4) is 5.69 Å². The molecule has 1 aromatic heterocycles. The third kappa shape index (κ3) is 2.59. The zero-order valence-corrected chi connectivity index (χ0v) is 11.4. The number of carbonyl (C=O) groups excluding carboxylic acids is 2. The van der Waals surface area contributed by atoms with Gasteiger partial charge in [-0.25, -0.2) is 9.48 Å². The van der Waals surface area contributed by atoms with Crippen LogP contribution in [0.5, 0.6) is 0 Å². The number of aromatic nitrogens is 3. The normalized spacial score (nSPS) is 10.3. The second-order valence-electron chi connectivity index (χ2n) is 4.24. The summed E-state index contributed by atoms with van der Waals surface area (Å²) in [7, 11) is 1.34. The van der Waals surface area contributed by atoms with E-state index in [9.17, 15) is 9.59 Å². The third-order valence-corrected chi connectivity index (χ3v) is 2.92. The minimum atomic E-state index is -0.391. The number of nitrogens with zero attached hydrogens (tertiary/aromatic N) is 3. The summed E-state index contributed by atoms with van der Waals surface area (Å²) < 4.78 is 6.26. The van der Waals surface area contributed by atoms with Crippen LogP contribution in [0, 0.1) is 0 Å². The molecule has 0 aliphatic rings. The second kappa shape index (κ2) is 6.10. The predicted octanol–water partition coefficient (Wildman–Crippen LogP) is 1.82. The lowest BCUT2D eigenvalue weighted by atomic mass is 10.2. The van der Waals surface area contributed by atoms with Crippen molar-refractivity contribution >= 4 is 12.3 Å². The molecule has 0 N–H and O–H groups in total. The maximum absolute atomic E-state index is 11.4. The van der Waals surface area contributed by atoms with Gasteiger partial charge in [0.2, 0.25) is 0 Å². The lowest BCUT2D eigenvalue weighted by molar-refractivity contribution is 0.0600. The molecular weight excluding hydrogens is 258 g/mol. The molecule has 6 nitrogen and oxygen atoms in total. The highest BCUT2D eigenvalue weighted by Crippen LogP contribution is 2.15. The largest absolute Gasteiger partial charge is 0.465 e. The van der Waals surface area contributed by atoms with Crippen molar-refractivity contribution < 1.29 is 14.3 Å². The molecule has 1 heterocycles. The first kappa shape index (κ1) is 13.9. The number of hydrogen-bond acceptors (Lipinski definition) is 5. The van der Waals surface area contributed by atoms with E-state index in [1.807, 2.05) is 6.92 Å². The summed E-state index contributed by atoms with van der Waals surface area (Å²) in [6, 6.07) is 6.79. The zero-order valence-electron chi connectivity index (χ0n) is 11.4. The lowest BCUT2D eigenvalue weighted by Gasteiger charge is -2.06. The number of aldehydes is 1. The standard InChI is InChI=1S/C14H15N3O3/c1-3-4-13-12(9-18)15-16-17(13)11-7-5-10(6-8-11)14(19)20-2/h5-9H,3-4H2,1-2H3. The summed E-state index contributed by atoms with van der Waals surface area (Å²) in [4.78, 5) is 22.3. The molecule has 1 aromatic carbocycles. The van der Waals surface area contributed by atoms with E-state index in [0.717, 1.165) is 17.8 Å². The molecule has 0 saturated heterocycles. The van der Waals surface area contributed by atoms with E-state index in [4.69, 9.17) is 0 Å². The smallest absolute Gasteiger partial charge is 0.337 e. The number of methoxy groups -OCH3 is 1. The topological polar surface area (TPSA) is 74.1 Å². The molecule has 104 valence electrons. The minimum absolute atomic E-state index is 0.351. The number of esters is 1. The van der Waals surface area contributed by atoms with Gasteiger partial charge in [0.25, 0.3) is 0 Å². The van der Waals surface area contributed by atoms with Crippen LogP contribution in [0.3, 0.4) is 0 Å². The molecule has 6 heteroatoms. The van der Waals surface area contributed by atoms with Crippen LogP contribution < -0.4 is 0 Å². The molecular formula is C14H15N3O3. The molecule has 0 spiro atoms. The summed E-state index contributed by atoms with van der Waals surface area (Å²) in [5, 5.41) is 7.85. The van der Waals surface area contributed by atoms with Gasteiger partial charge in [0.05, 0.1) is 24.1 Å². The van der Waals surface area contributed by atoms with Crippen LogP contribution in [0.1, 0.15) is 39.9 Å². The molecule has 20 heavy (non-hydrogen) atoms. The molecule has 0 radical (unpaired) electrons. The van der Waals surface area contributed by atoms with Gasteiger partial charge < -0.3 is 4.74 Å². The van der Waals surface area contributed by atoms with Crippen LogP contribution in [-0.2, 0) is 11.2 Å². The van der Waals surface area contributed by atoms with E-state index in [1.54, 1.807) is 28.9 Å². The van der Waals surface area contributed by atoms with Crippen LogP contribution in [0.15, 0.2) is 24.3 Å². The van der Waals surface area contributed by atoms with Gasteiger partial charge in [0.15, 0.2) is 6.29 Å². The van der Waals surface area contributed by atoms with Gasteiger partial charge in [0, 0.05) is 0 Å². The van der Waals surface area contributed by atoms with Gasteiger partial charge >= 0.3 is 5.97 Å². The Morgan fingerprint density at radius 3 is 2.60 bits per heavy atom. The Labute approximate surface area is 116 Å². The quantitative estimate of drug-likeness (QED) is 0.613. The van der Waals surface area contributed by atoms with E-state index in [2.05, 4.69) is 15.0 Å². The number of benzene rings is 1. The molecule has 0 aliphatic carbocycles. The van der Waals surface area contributed by atoms with E-state index in [1.165, 1.54) is 7.11 Å². The van der Waals surface area contributed by atoms with Crippen molar-refractivity contribution in [2.24, 2.45) is 0 Å². The third-order valence-electron chi connectivity index (χ3n) is 2.92. The van der Waals surface area contributed by atoms with Gasteiger partial charge in [0.1, 0.15) is 5.69 Å². The van der Waals surface area contributed by atoms with Gasteiger partial charge in [-0.3, -0.25) is 4.79 Å². The van der Waals surface area contributed by atoms with Crippen LogP contribution in [0.25, 0.3) is 5.69 Å². The average molecular weight is 273 g/mol. The highest BCUT2D eigenvalue weighted by molar-refractivity contribution is 5.89. The fourth-order valence-electron chi connectivity index (χ4n) is 1.94. The fraction of sp³-hybridized carbons (Fsp3) is 0.286. The SMILES string of the molecule is CCCc1c(C=O)nnn1-c1ccc(C(=O)OC)cc1.